The molecule has 1 heterocycles. The van der Waals surface area contributed by atoms with Crippen LogP contribution in [0.1, 0.15) is 33.1 Å². The van der Waals surface area contributed by atoms with Crippen molar-refractivity contribution in [2.24, 2.45) is 11.1 Å². The minimum Gasteiger partial charge on any atom is -0.492 e. The van der Waals surface area contributed by atoms with Gasteiger partial charge in [0.2, 0.25) is 11.5 Å². The van der Waals surface area contributed by atoms with E-state index in [4.69, 9.17) is 21.5 Å². The number of aromatic nitrogens is 1. The van der Waals surface area contributed by atoms with Crippen molar-refractivity contribution in [2.45, 2.75) is 44.3 Å². The number of hydrogen-bond donors (Lipinski definition) is 2. The summed E-state index contributed by atoms with van der Waals surface area (Å²) in [5, 5.41) is 6.36. The zero-order chi connectivity index (χ0) is 20.2. The van der Waals surface area contributed by atoms with Crippen LogP contribution >= 0.6 is 11.6 Å². The molecule has 2 aromatic rings. The summed E-state index contributed by atoms with van der Waals surface area (Å²) in [6.45, 7) is 4.05. The highest BCUT2D eigenvalue weighted by atomic mass is 35.5. The van der Waals surface area contributed by atoms with Gasteiger partial charge in [-0.15, -0.1) is 0 Å². The number of H-pyrrole nitrogens is 1. The number of rotatable bonds is 5. The van der Waals surface area contributed by atoms with E-state index in [1.54, 1.807) is 18.2 Å². The molecule has 5 nitrogen and oxygen atoms in total. The number of nitrogens with one attached hydrogen (secondary N) is 1. The minimum atomic E-state index is -2.55. The smallest absolute Gasteiger partial charge is 0.248 e. The number of fused-ring (bicyclic) bond motifs is 1. The molecule has 3 rings (SSSR count). The Morgan fingerprint density at radius 3 is 2.59 bits per heavy atom. The van der Waals surface area contributed by atoms with Crippen molar-refractivity contribution in [3.05, 3.63) is 39.6 Å². The summed E-state index contributed by atoms with van der Waals surface area (Å²) < 4.78 is 41.2. The van der Waals surface area contributed by atoms with Crippen LogP contribution in [0, 0.1) is 5.92 Å². The van der Waals surface area contributed by atoms with Gasteiger partial charge in [-0.25, -0.2) is 13.0 Å². The Bertz CT molecular complexity index is 867. The number of nitrogens with two attached hydrogens (primary N) is 1. The predicted octanol–water partition coefficient (Wildman–Crippen LogP) is 4.01. The lowest BCUT2D eigenvalue weighted by molar-refractivity contribution is -0.119. The van der Waals surface area contributed by atoms with Crippen LogP contribution in [-0.2, 0) is 11.0 Å². The highest BCUT2D eigenvalue weighted by molar-refractivity contribution is 7.83. The van der Waals surface area contributed by atoms with E-state index in [-0.39, 0.29) is 36.2 Å². The Balaban J connectivity index is 0.000000321. The maximum Gasteiger partial charge on any atom is 0.248 e. The fourth-order valence-electron chi connectivity index (χ4n) is 2.54. The van der Waals surface area contributed by atoms with E-state index < -0.39 is 16.9 Å². The molecule has 150 valence electrons. The second-order valence-corrected chi connectivity index (χ2v) is 8.55. The van der Waals surface area contributed by atoms with Crippen LogP contribution in [0.5, 0.6) is 5.75 Å². The van der Waals surface area contributed by atoms with Crippen LogP contribution in [0.15, 0.2) is 29.1 Å². The van der Waals surface area contributed by atoms with Gasteiger partial charge < -0.3 is 9.72 Å². The van der Waals surface area contributed by atoms with Crippen molar-refractivity contribution in [3.63, 3.8) is 0 Å². The fourth-order valence-corrected chi connectivity index (χ4v) is 3.10. The van der Waals surface area contributed by atoms with E-state index in [9.17, 15) is 17.8 Å². The van der Waals surface area contributed by atoms with Gasteiger partial charge in [-0.2, -0.15) is 0 Å². The number of halogens is 3. The number of hydrogen-bond acceptors (Lipinski definition) is 3. The molecule has 27 heavy (non-hydrogen) atoms. The SMILES string of the molecule is CCC(C)S(N)=O.O=c1ccc2cc(Cl)c(OCC3CC(F)(F)C3)cc2[nH]1. The zero-order valence-corrected chi connectivity index (χ0v) is 16.7. The lowest BCUT2D eigenvalue weighted by Crippen LogP contribution is -2.38. The van der Waals surface area contributed by atoms with Crippen molar-refractivity contribution in [3.8, 4) is 5.75 Å². The third kappa shape index (κ3) is 6.26. The molecule has 0 aliphatic heterocycles. The van der Waals surface area contributed by atoms with E-state index >= 15 is 0 Å². The molecular formula is C18H23ClF2N2O3S. The lowest BCUT2D eigenvalue weighted by atomic mass is 9.82. The first-order chi connectivity index (χ1) is 12.6. The largest absolute Gasteiger partial charge is 0.492 e. The van der Waals surface area contributed by atoms with Gasteiger partial charge in [-0.05, 0) is 30.9 Å². The van der Waals surface area contributed by atoms with Gasteiger partial charge in [0.15, 0.2) is 0 Å². The highest BCUT2D eigenvalue weighted by Crippen LogP contribution is 2.42. The van der Waals surface area contributed by atoms with Gasteiger partial charge in [0.25, 0.3) is 0 Å². The van der Waals surface area contributed by atoms with E-state index in [1.165, 1.54) is 6.07 Å². The quantitative estimate of drug-likeness (QED) is 0.766. The van der Waals surface area contributed by atoms with E-state index in [0.29, 0.717) is 16.3 Å². The summed E-state index contributed by atoms with van der Waals surface area (Å²) >= 11 is 6.08. The molecule has 0 saturated heterocycles. The average molecular weight is 421 g/mol. The van der Waals surface area contributed by atoms with Crippen LogP contribution in [0.3, 0.4) is 0 Å². The fraction of sp³-hybridized carbons (Fsp3) is 0.500. The van der Waals surface area contributed by atoms with Gasteiger partial charge in [0.1, 0.15) is 5.75 Å². The first kappa shape index (κ1) is 21.8. The second kappa shape index (κ2) is 9.12. The van der Waals surface area contributed by atoms with Gasteiger partial charge >= 0.3 is 0 Å². The number of alkyl halides is 2. The molecule has 3 N–H and O–H groups in total. The topological polar surface area (TPSA) is 85.2 Å². The molecular weight excluding hydrogens is 398 g/mol. The van der Waals surface area contributed by atoms with Crippen molar-refractivity contribution in [2.75, 3.05) is 6.61 Å². The monoisotopic (exact) mass is 420 g/mol. The van der Waals surface area contributed by atoms with Crippen molar-refractivity contribution in [1.82, 2.24) is 4.98 Å². The molecule has 2 unspecified atom stereocenters. The third-order valence-corrected chi connectivity index (χ3v) is 5.82. The first-order valence-corrected chi connectivity index (χ1v) is 10.2. The molecule has 0 bridgehead atoms. The van der Waals surface area contributed by atoms with Crippen molar-refractivity contribution < 1.29 is 17.7 Å². The Morgan fingerprint density at radius 2 is 2.07 bits per heavy atom. The average Bonchev–Trinajstić information content (AvgIpc) is 2.58. The molecule has 2 atom stereocenters. The zero-order valence-electron chi connectivity index (χ0n) is 15.1. The Kier molecular flexibility index (Phi) is 7.36. The molecule has 0 amide bonds. The van der Waals surface area contributed by atoms with Gasteiger partial charge in [-0.1, -0.05) is 18.5 Å². The maximum absolute atomic E-state index is 12.7. The maximum atomic E-state index is 12.7. The molecule has 0 radical (unpaired) electrons. The molecule has 1 saturated carbocycles. The normalized spacial score (nSPS) is 18.1. The molecule has 0 spiro atoms. The van der Waals surface area contributed by atoms with Crippen LogP contribution < -0.4 is 15.4 Å². The molecule has 1 fully saturated rings. The molecule has 9 heteroatoms. The number of pyridine rings is 1. The molecule has 1 aliphatic rings. The van der Waals surface area contributed by atoms with Crippen LogP contribution in [0.4, 0.5) is 8.78 Å². The third-order valence-electron chi connectivity index (χ3n) is 4.40. The van der Waals surface area contributed by atoms with Gasteiger partial charge in [-0.3, -0.25) is 9.93 Å². The van der Waals surface area contributed by atoms with Crippen molar-refractivity contribution in [1.29, 1.82) is 0 Å². The summed E-state index contributed by atoms with van der Waals surface area (Å²) in [5.41, 5.74) is 0.389. The molecule has 1 aromatic carbocycles. The van der Waals surface area contributed by atoms with Crippen LogP contribution in [0.2, 0.25) is 5.02 Å². The highest BCUT2D eigenvalue weighted by Gasteiger charge is 2.45. The Labute approximate surface area is 163 Å². The lowest BCUT2D eigenvalue weighted by Gasteiger charge is -2.34. The Hall–Kier alpha value is -1.51. The molecule has 1 aromatic heterocycles. The van der Waals surface area contributed by atoms with E-state index in [2.05, 4.69) is 4.98 Å². The van der Waals surface area contributed by atoms with Gasteiger partial charge in [0.05, 0.1) is 28.1 Å². The predicted molar refractivity (Wildman–Crippen MR) is 105 cm³/mol. The summed E-state index contributed by atoms with van der Waals surface area (Å²) in [6, 6.07) is 6.37. The first-order valence-electron chi connectivity index (χ1n) is 8.59. The number of benzene rings is 1. The number of ether oxygens (including phenoxy) is 1. The van der Waals surface area contributed by atoms with Crippen LogP contribution in [0.25, 0.3) is 10.9 Å². The van der Waals surface area contributed by atoms with Crippen LogP contribution in [-0.4, -0.2) is 27.0 Å². The minimum absolute atomic E-state index is 0.144. The summed E-state index contributed by atoms with van der Waals surface area (Å²) in [5.74, 6) is -2.30. The summed E-state index contributed by atoms with van der Waals surface area (Å²) in [7, 11) is -1.11. The second-order valence-electron chi connectivity index (χ2n) is 6.68. The van der Waals surface area contributed by atoms with Gasteiger partial charge in [0, 0.05) is 36.1 Å². The number of aromatic amines is 1. The Morgan fingerprint density at radius 1 is 1.41 bits per heavy atom. The standard InChI is InChI=1S/C14H12ClF2NO2.C4H11NOS/c15-10-3-9-1-2-13(19)18-11(9)4-12(10)20-7-8-5-14(16,17)6-8;1-3-4(2)7(5)6/h1-4,8H,5-7H2,(H,18,19);4H,3,5H2,1-2H3. The molecule has 1 aliphatic carbocycles. The van der Waals surface area contributed by atoms with E-state index in [0.717, 1.165) is 11.8 Å². The summed E-state index contributed by atoms with van der Waals surface area (Å²) in [4.78, 5) is 13.9. The van der Waals surface area contributed by atoms with E-state index in [1.807, 2.05) is 13.8 Å². The van der Waals surface area contributed by atoms with Crippen molar-refractivity contribution >= 4 is 33.5 Å². The summed E-state index contributed by atoms with van der Waals surface area (Å²) in [6.07, 6.45) is 0.604.